The molecule has 0 bridgehead atoms. The molecule has 11 heavy (non-hydrogen) atoms. The van der Waals surface area contributed by atoms with Crippen LogP contribution in [0.5, 0.6) is 0 Å². The number of carboxylic acid groups (broad SMARTS) is 1. The molecular formula is C9H14O2. The number of rotatable bonds is 2. The number of hydrogen-bond acceptors (Lipinski definition) is 1. The van der Waals surface area contributed by atoms with Gasteiger partial charge in [0.15, 0.2) is 0 Å². The quantitative estimate of drug-likeness (QED) is 0.619. The van der Waals surface area contributed by atoms with E-state index in [9.17, 15) is 4.79 Å². The molecule has 0 rings (SSSR count). The normalized spacial score (nSPS) is 10.1. The molecule has 0 radical (unpaired) electrons. The molecule has 0 saturated carbocycles. The van der Waals surface area contributed by atoms with Crippen molar-refractivity contribution < 1.29 is 9.90 Å². The zero-order valence-electron chi connectivity index (χ0n) is 7.22. The van der Waals surface area contributed by atoms with E-state index in [0.717, 1.165) is 0 Å². The van der Waals surface area contributed by atoms with Gasteiger partial charge in [-0.2, -0.15) is 0 Å². The molecule has 0 aliphatic rings. The van der Waals surface area contributed by atoms with Crippen molar-refractivity contribution in [3.05, 3.63) is 17.9 Å². The Kier molecular flexibility index (Phi) is 3.63. The standard InChI is InChI=1S/C9H14O2/c1-9(2,3)7-5-4-6-8(10)11/h4,7H,6H2,1-3H3,(H,10,11). The van der Waals surface area contributed by atoms with Crippen LogP contribution in [0.2, 0.25) is 0 Å². The SMILES string of the molecule is CC(C)(C)C=C=CCC(=O)O. The third kappa shape index (κ3) is 8.99. The van der Waals surface area contributed by atoms with Crippen LogP contribution in [0.1, 0.15) is 27.2 Å². The highest BCUT2D eigenvalue weighted by atomic mass is 16.4. The largest absolute Gasteiger partial charge is 0.481 e. The van der Waals surface area contributed by atoms with Crippen LogP contribution in [0.15, 0.2) is 17.9 Å². The van der Waals surface area contributed by atoms with Crippen molar-refractivity contribution in [2.24, 2.45) is 5.41 Å². The van der Waals surface area contributed by atoms with Gasteiger partial charge in [0.2, 0.25) is 0 Å². The molecule has 0 spiro atoms. The predicted octanol–water partition coefficient (Wildman–Crippen LogP) is 2.22. The second kappa shape index (κ2) is 3.99. The first kappa shape index (κ1) is 9.99. The van der Waals surface area contributed by atoms with E-state index in [2.05, 4.69) is 5.73 Å². The summed E-state index contributed by atoms with van der Waals surface area (Å²) in [6.07, 6.45) is 3.43. The van der Waals surface area contributed by atoms with Gasteiger partial charge >= 0.3 is 5.97 Å². The van der Waals surface area contributed by atoms with Crippen LogP contribution in [0.4, 0.5) is 0 Å². The van der Waals surface area contributed by atoms with E-state index in [1.807, 2.05) is 26.8 Å². The van der Waals surface area contributed by atoms with Crippen molar-refractivity contribution in [1.82, 2.24) is 0 Å². The summed E-state index contributed by atoms with van der Waals surface area (Å²) in [6.45, 7) is 6.11. The van der Waals surface area contributed by atoms with Crippen LogP contribution in [-0.2, 0) is 4.79 Å². The maximum Gasteiger partial charge on any atom is 0.307 e. The monoisotopic (exact) mass is 154 g/mol. The van der Waals surface area contributed by atoms with Crippen molar-refractivity contribution in [2.45, 2.75) is 27.2 Å². The van der Waals surface area contributed by atoms with Gasteiger partial charge in [-0.3, -0.25) is 4.79 Å². The smallest absolute Gasteiger partial charge is 0.307 e. The van der Waals surface area contributed by atoms with Gasteiger partial charge < -0.3 is 5.11 Å². The Morgan fingerprint density at radius 3 is 2.45 bits per heavy atom. The van der Waals surface area contributed by atoms with E-state index in [0.29, 0.717) is 0 Å². The summed E-state index contributed by atoms with van der Waals surface area (Å²) in [4.78, 5) is 10.0. The molecule has 0 aliphatic carbocycles. The molecule has 1 N–H and O–H groups in total. The minimum absolute atomic E-state index is 0.0482. The van der Waals surface area contributed by atoms with Crippen molar-refractivity contribution in [2.75, 3.05) is 0 Å². The Morgan fingerprint density at radius 2 is 2.09 bits per heavy atom. The molecule has 0 aliphatic heterocycles. The molecule has 0 aromatic rings. The van der Waals surface area contributed by atoms with Crippen LogP contribution >= 0.6 is 0 Å². The maximum atomic E-state index is 10.0. The molecule has 2 nitrogen and oxygen atoms in total. The van der Waals surface area contributed by atoms with E-state index >= 15 is 0 Å². The van der Waals surface area contributed by atoms with Crippen molar-refractivity contribution in [3.63, 3.8) is 0 Å². The summed E-state index contributed by atoms with van der Waals surface area (Å²) >= 11 is 0. The third-order valence-corrected chi connectivity index (χ3v) is 0.911. The number of aliphatic carboxylic acids is 1. The van der Waals surface area contributed by atoms with Crippen LogP contribution in [0.25, 0.3) is 0 Å². The molecule has 0 atom stereocenters. The molecule has 0 fully saturated rings. The maximum absolute atomic E-state index is 10.0. The number of carbonyl (C=O) groups is 1. The Labute approximate surface area is 67.2 Å². The van der Waals surface area contributed by atoms with Gasteiger partial charge in [-0.1, -0.05) is 20.8 Å². The Morgan fingerprint density at radius 1 is 1.55 bits per heavy atom. The Balaban J connectivity index is 3.92. The van der Waals surface area contributed by atoms with Gasteiger partial charge in [-0.15, -0.1) is 5.73 Å². The average molecular weight is 154 g/mol. The molecule has 0 aromatic heterocycles. The van der Waals surface area contributed by atoms with E-state index in [4.69, 9.17) is 5.11 Å². The fourth-order valence-electron chi connectivity index (χ4n) is 0.455. The molecule has 0 saturated heterocycles. The highest BCUT2D eigenvalue weighted by Crippen LogP contribution is 2.13. The summed E-state index contributed by atoms with van der Waals surface area (Å²) in [5.41, 5.74) is 2.90. The highest BCUT2D eigenvalue weighted by molar-refractivity contribution is 5.68. The summed E-state index contributed by atoms with van der Waals surface area (Å²) in [5.74, 6) is -0.820. The summed E-state index contributed by atoms with van der Waals surface area (Å²) < 4.78 is 0. The molecular weight excluding hydrogens is 140 g/mol. The van der Waals surface area contributed by atoms with E-state index in [1.165, 1.54) is 6.08 Å². The van der Waals surface area contributed by atoms with Gasteiger partial charge in [0.25, 0.3) is 0 Å². The first-order valence-corrected chi connectivity index (χ1v) is 3.56. The van der Waals surface area contributed by atoms with Crippen LogP contribution in [0.3, 0.4) is 0 Å². The molecule has 62 valence electrons. The summed E-state index contributed by atoms with van der Waals surface area (Å²) in [7, 11) is 0. The zero-order chi connectivity index (χ0) is 8.91. The van der Waals surface area contributed by atoms with Crippen molar-refractivity contribution in [3.8, 4) is 0 Å². The molecule has 0 aromatic carbocycles. The van der Waals surface area contributed by atoms with Gasteiger partial charge in [0.1, 0.15) is 0 Å². The molecule has 0 unspecified atom stereocenters. The number of carboxylic acids is 1. The van der Waals surface area contributed by atoms with E-state index in [-0.39, 0.29) is 11.8 Å². The fraction of sp³-hybridized carbons (Fsp3) is 0.556. The van der Waals surface area contributed by atoms with E-state index in [1.54, 1.807) is 0 Å². The van der Waals surface area contributed by atoms with Crippen molar-refractivity contribution >= 4 is 5.97 Å². The van der Waals surface area contributed by atoms with E-state index < -0.39 is 5.97 Å². The van der Waals surface area contributed by atoms with Crippen LogP contribution in [0, 0.1) is 5.41 Å². The van der Waals surface area contributed by atoms with Gasteiger partial charge in [-0.05, 0) is 17.6 Å². The van der Waals surface area contributed by atoms with Gasteiger partial charge in [-0.25, -0.2) is 0 Å². The summed E-state index contributed by atoms with van der Waals surface area (Å²) in [5, 5.41) is 8.26. The third-order valence-electron chi connectivity index (χ3n) is 0.911. The van der Waals surface area contributed by atoms with Gasteiger partial charge in [0.05, 0.1) is 6.42 Å². The average Bonchev–Trinajstić information content (AvgIpc) is 1.78. The highest BCUT2D eigenvalue weighted by Gasteiger charge is 2.01. The zero-order valence-corrected chi connectivity index (χ0v) is 7.22. The summed E-state index contributed by atoms with van der Waals surface area (Å²) in [6, 6.07) is 0. The second-order valence-corrected chi connectivity index (χ2v) is 3.48. The minimum Gasteiger partial charge on any atom is -0.481 e. The molecule has 2 heteroatoms. The number of hydrogen-bond donors (Lipinski definition) is 1. The van der Waals surface area contributed by atoms with Gasteiger partial charge in [0, 0.05) is 0 Å². The second-order valence-electron chi connectivity index (χ2n) is 3.48. The fourth-order valence-corrected chi connectivity index (χ4v) is 0.455. The lowest BCUT2D eigenvalue weighted by Gasteiger charge is -2.08. The lowest BCUT2D eigenvalue weighted by molar-refractivity contribution is -0.135. The Hall–Kier alpha value is -1.01. The predicted molar refractivity (Wildman–Crippen MR) is 44.4 cm³/mol. The van der Waals surface area contributed by atoms with Crippen LogP contribution < -0.4 is 0 Å². The molecule has 0 heterocycles. The lowest BCUT2D eigenvalue weighted by atomic mass is 9.97. The molecule has 0 amide bonds. The van der Waals surface area contributed by atoms with Crippen molar-refractivity contribution in [1.29, 1.82) is 0 Å². The lowest BCUT2D eigenvalue weighted by Crippen LogP contribution is -1.97. The first-order valence-electron chi connectivity index (χ1n) is 3.56. The Bertz CT molecular complexity index is 190. The topological polar surface area (TPSA) is 37.3 Å². The minimum atomic E-state index is -0.820. The van der Waals surface area contributed by atoms with Crippen LogP contribution in [-0.4, -0.2) is 11.1 Å². The first-order chi connectivity index (χ1) is 4.92.